The van der Waals surface area contributed by atoms with Crippen molar-refractivity contribution in [2.75, 3.05) is 18.0 Å². The summed E-state index contributed by atoms with van der Waals surface area (Å²) >= 11 is 0. The average molecular weight is 656 g/mol. The maximum Gasteiger partial charge on any atom is 0.264 e. The monoisotopic (exact) mass is 655 g/mol. The predicted octanol–water partition coefficient (Wildman–Crippen LogP) is 6.37. The summed E-state index contributed by atoms with van der Waals surface area (Å²) in [5.74, 6) is -0.207. The zero-order chi connectivity index (χ0) is 34.1. The summed E-state index contributed by atoms with van der Waals surface area (Å²) in [6.45, 7) is 9.09. The first kappa shape index (κ1) is 35.2. The summed E-state index contributed by atoms with van der Waals surface area (Å²) in [5, 5.41) is 3.07. The summed E-state index contributed by atoms with van der Waals surface area (Å²) < 4.78 is 35.3. The first-order chi connectivity index (χ1) is 22.4. The molecule has 4 rings (SSSR count). The van der Waals surface area contributed by atoms with E-state index < -0.39 is 28.5 Å². The van der Waals surface area contributed by atoms with Crippen molar-refractivity contribution in [3.63, 3.8) is 0 Å². The lowest BCUT2D eigenvalue weighted by Crippen LogP contribution is -2.54. The van der Waals surface area contributed by atoms with Gasteiger partial charge in [0.1, 0.15) is 18.3 Å². The molecule has 0 radical (unpaired) electrons. The second kappa shape index (κ2) is 15.8. The number of carbonyl (C=O) groups excluding carboxylic acids is 2. The van der Waals surface area contributed by atoms with E-state index in [9.17, 15) is 18.0 Å². The Hall–Kier alpha value is -4.63. The molecule has 1 N–H and O–H groups in total. The normalized spacial score (nSPS) is 12.6. The van der Waals surface area contributed by atoms with Gasteiger partial charge in [0, 0.05) is 19.0 Å². The Kier molecular flexibility index (Phi) is 11.8. The Bertz CT molecular complexity index is 1780. The van der Waals surface area contributed by atoms with Crippen LogP contribution < -0.4 is 14.4 Å². The van der Waals surface area contributed by atoms with E-state index in [2.05, 4.69) is 5.32 Å². The van der Waals surface area contributed by atoms with Gasteiger partial charge in [0.05, 0.1) is 17.7 Å². The lowest BCUT2D eigenvalue weighted by molar-refractivity contribution is -0.140. The van der Waals surface area contributed by atoms with E-state index >= 15 is 0 Å². The first-order valence-electron chi connectivity index (χ1n) is 15.9. The smallest absolute Gasteiger partial charge is 0.264 e. The van der Waals surface area contributed by atoms with Gasteiger partial charge in [-0.05, 0) is 86.7 Å². The molecule has 0 saturated heterocycles. The molecule has 8 nitrogen and oxygen atoms in total. The highest BCUT2D eigenvalue weighted by atomic mass is 32.2. The lowest BCUT2D eigenvalue weighted by atomic mass is 10.0. The molecule has 0 spiro atoms. The molecule has 248 valence electrons. The molecule has 9 heteroatoms. The van der Waals surface area contributed by atoms with Gasteiger partial charge in [-0.3, -0.25) is 13.9 Å². The van der Waals surface area contributed by atoms with Crippen molar-refractivity contribution in [3.05, 3.63) is 125 Å². The fourth-order valence-corrected chi connectivity index (χ4v) is 6.79. The topological polar surface area (TPSA) is 96.0 Å². The zero-order valence-electron chi connectivity index (χ0n) is 28.1. The van der Waals surface area contributed by atoms with E-state index in [1.807, 2.05) is 95.3 Å². The molecule has 2 amide bonds. The van der Waals surface area contributed by atoms with Crippen LogP contribution in [-0.2, 0) is 32.6 Å². The first-order valence-corrected chi connectivity index (χ1v) is 17.3. The maximum absolute atomic E-state index is 14.7. The average Bonchev–Trinajstić information content (AvgIpc) is 3.07. The van der Waals surface area contributed by atoms with Gasteiger partial charge >= 0.3 is 0 Å². The summed E-state index contributed by atoms with van der Waals surface area (Å²) in [5.41, 5.74) is 4.57. The van der Waals surface area contributed by atoms with E-state index in [-0.39, 0.29) is 29.8 Å². The molecule has 0 unspecified atom stereocenters. The predicted molar refractivity (Wildman–Crippen MR) is 187 cm³/mol. The zero-order valence-corrected chi connectivity index (χ0v) is 28.9. The summed E-state index contributed by atoms with van der Waals surface area (Å²) in [6, 6.07) is 27.8. The molecule has 0 aliphatic heterocycles. The van der Waals surface area contributed by atoms with Crippen molar-refractivity contribution < 1.29 is 22.7 Å². The van der Waals surface area contributed by atoms with Gasteiger partial charge in [-0.2, -0.15) is 0 Å². The molecule has 4 aromatic carbocycles. The van der Waals surface area contributed by atoms with Gasteiger partial charge in [0.15, 0.2) is 0 Å². The van der Waals surface area contributed by atoms with Crippen LogP contribution in [0.3, 0.4) is 0 Å². The van der Waals surface area contributed by atoms with Gasteiger partial charge in [-0.15, -0.1) is 0 Å². The maximum atomic E-state index is 14.7. The summed E-state index contributed by atoms with van der Waals surface area (Å²) in [7, 11) is -2.62. The molecule has 0 aliphatic carbocycles. The van der Waals surface area contributed by atoms with Crippen LogP contribution in [0.4, 0.5) is 5.69 Å². The van der Waals surface area contributed by atoms with E-state index in [1.165, 1.54) is 9.21 Å². The second-order valence-electron chi connectivity index (χ2n) is 11.9. The van der Waals surface area contributed by atoms with Crippen LogP contribution in [0.25, 0.3) is 0 Å². The molecular formula is C38H45N3O5S. The molecule has 0 bridgehead atoms. The summed E-state index contributed by atoms with van der Waals surface area (Å²) in [4.78, 5) is 30.3. The number of carbonyl (C=O) groups is 2. The highest BCUT2D eigenvalue weighted by Gasteiger charge is 2.35. The van der Waals surface area contributed by atoms with Crippen molar-refractivity contribution in [3.8, 4) is 5.75 Å². The number of nitrogens with zero attached hydrogens (tertiary/aromatic N) is 2. The highest BCUT2D eigenvalue weighted by molar-refractivity contribution is 7.92. The van der Waals surface area contributed by atoms with Crippen molar-refractivity contribution in [2.24, 2.45) is 0 Å². The van der Waals surface area contributed by atoms with Crippen LogP contribution in [-0.4, -0.2) is 50.9 Å². The van der Waals surface area contributed by atoms with Crippen molar-refractivity contribution >= 4 is 27.5 Å². The molecule has 0 heterocycles. The Morgan fingerprint density at radius 2 is 1.51 bits per heavy atom. The lowest BCUT2D eigenvalue weighted by Gasteiger charge is -2.34. The number of amides is 2. The van der Waals surface area contributed by atoms with Gasteiger partial charge in [0.25, 0.3) is 10.0 Å². The molecule has 0 aliphatic rings. The molecule has 0 fully saturated rings. The fraction of sp³-hybridized carbons (Fsp3) is 0.316. The number of anilines is 1. The van der Waals surface area contributed by atoms with Crippen LogP contribution in [0.1, 0.15) is 48.1 Å². The third-order valence-electron chi connectivity index (χ3n) is 8.49. The standard InChI is InChI=1S/C38H45N3O5S/c1-7-29(4)39-38(43)36(24-31-14-9-8-10-15-31)40(25-32-16-12-17-33(23-32)46-6)37(42)26-41(35-18-11-13-28(3)30(35)5)47(44,45)34-21-19-27(2)20-22-34/h8-23,29,36H,7,24-26H2,1-6H3,(H,39,43)/t29-,36-/m1/s1. The van der Waals surface area contributed by atoms with Gasteiger partial charge in [-0.1, -0.05) is 79.2 Å². The molecule has 0 aromatic heterocycles. The number of methoxy groups -OCH3 is 1. The van der Waals surface area contributed by atoms with Crippen LogP contribution >= 0.6 is 0 Å². The Morgan fingerprint density at radius 1 is 0.851 bits per heavy atom. The van der Waals surface area contributed by atoms with Crippen LogP contribution in [0.5, 0.6) is 5.75 Å². The molecule has 0 saturated carbocycles. The van der Waals surface area contributed by atoms with Gasteiger partial charge in [0.2, 0.25) is 11.8 Å². The number of nitrogens with one attached hydrogen (secondary N) is 1. The Labute approximate surface area is 279 Å². The van der Waals surface area contributed by atoms with Crippen molar-refractivity contribution in [2.45, 2.75) is 71.0 Å². The largest absolute Gasteiger partial charge is 0.497 e. The summed E-state index contributed by atoms with van der Waals surface area (Å²) in [6.07, 6.45) is 0.954. The quantitative estimate of drug-likeness (QED) is 0.170. The number of aryl methyl sites for hydroxylation is 2. The fourth-order valence-electron chi connectivity index (χ4n) is 5.32. The minimum atomic E-state index is -4.18. The van der Waals surface area contributed by atoms with E-state index in [0.717, 1.165) is 27.8 Å². The highest BCUT2D eigenvalue weighted by Crippen LogP contribution is 2.30. The number of hydrogen-bond donors (Lipinski definition) is 1. The number of rotatable bonds is 14. The molecular weight excluding hydrogens is 611 g/mol. The van der Waals surface area contributed by atoms with Gasteiger partial charge < -0.3 is 15.0 Å². The van der Waals surface area contributed by atoms with Crippen LogP contribution in [0.2, 0.25) is 0 Å². The number of hydrogen-bond acceptors (Lipinski definition) is 5. The SMILES string of the molecule is CC[C@@H](C)NC(=O)[C@@H](Cc1ccccc1)N(Cc1cccc(OC)c1)C(=O)CN(c1cccc(C)c1C)S(=O)(=O)c1ccc(C)cc1. The Balaban J connectivity index is 1.85. The van der Waals surface area contributed by atoms with Crippen LogP contribution in [0, 0.1) is 20.8 Å². The number of sulfonamides is 1. The third-order valence-corrected chi connectivity index (χ3v) is 10.3. The molecule has 2 atom stereocenters. The Morgan fingerprint density at radius 3 is 2.17 bits per heavy atom. The van der Waals surface area contributed by atoms with E-state index in [4.69, 9.17) is 4.74 Å². The van der Waals surface area contributed by atoms with E-state index in [0.29, 0.717) is 17.9 Å². The van der Waals surface area contributed by atoms with Crippen molar-refractivity contribution in [1.29, 1.82) is 0 Å². The molecule has 47 heavy (non-hydrogen) atoms. The van der Waals surface area contributed by atoms with Crippen LogP contribution in [0.15, 0.2) is 102 Å². The van der Waals surface area contributed by atoms with E-state index in [1.54, 1.807) is 43.5 Å². The minimum Gasteiger partial charge on any atom is -0.497 e. The minimum absolute atomic E-state index is 0.0622. The number of ether oxygens (including phenoxy) is 1. The van der Waals surface area contributed by atoms with Crippen molar-refractivity contribution in [1.82, 2.24) is 10.2 Å². The molecule has 4 aromatic rings. The van der Waals surface area contributed by atoms with Gasteiger partial charge in [-0.25, -0.2) is 8.42 Å². The second-order valence-corrected chi connectivity index (χ2v) is 13.8. The number of benzene rings is 4. The third kappa shape index (κ3) is 8.80.